The lowest BCUT2D eigenvalue weighted by atomic mass is 10.1. The van der Waals surface area contributed by atoms with Crippen LogP contribution in [0.1, 0.15) is 23.2 Å². The van der Waals surface area contributed by atoms with E-state index in [1.807, 2.05) is 12.1 Å². The van der Waals surface area contributed by atoms with E-state index in [4.69, 9.17) is 9.84 Å². The summed E-state index contributed by atoms with van der Waals surface area (Å²) in [5.41, 5.74) is 1.03. The molecule has 0 amide bonds. The summed E-state index contributed by atoms with van der Waals surface area (Å²) in [6, 6.07) is 8.59. The van der Waals surface area contributed by atoms with Gasteiger partial charge in [-0.1, -0.05) is 0 Å². The molecule has 1 saturated heterocycles. The molecule has 1 N–H and O–H groups in total. The van der Waals surface area contributed by atoms with Crippen LogP contribution in [0, 0.1) is 0 Å². The molecule has 2 aromatic rings. The fraction of sp³-hybridized carbons (Fsp3) is 0.375. The fourth-order valence-corrected chi connectivity index (χ4v) is 2.58. The Morgan fingerprint density at radius 1 is 1.29 bits per heavy atom. The average molecular weight is 286 g/mol. The zero-order valence-corrected chi connectivity index (χ0v) is 12.0. The van der Waals surface area contributed by atoms with Crippen molar-refractivity contribution in [2.45, 2.75) is 18.9 Å². The molecule has 1 aromatic heterocycles. The van der Waals surface area contributed by atoms with Crippen molar-refractivity contribution in [3.05, 3.63) is 35.9 Å². The molecular formula is C16H18N2O3. The zero-order chi connectivity index (χ0) is 14.8. The molecule has 1 aliphatic heterocycles. The molecule has 5 heteroatoms. The molecule has 0 radical (unpaired) electrons. The number of rotatable bonds is 3. The van der Waals surface area contributed by atoms with Crippen molar-refractivity contribution in [3.8, 4) is 5.88 Å². The van der Waals surface area contributed by atoms with Gasteiger partial charge in [-0.05, 0) is 44.2 Å². The van der Waals surface area contributed by atoms with Crippen LogP contribution in [0.4, 0.5) is 0 Å². The lowest BCUT2D eigenvalue weighted by Gasteiger charge is -2.28. The Labute approximate surface area is 123 Å². The van der Waals surface area contributed by atoms with Crippen LogP contribution >= 0.6 is 0 Å². The van der Waals surface area contributed by atoms with Gasteiger partial charge in [0.25, 0.3) is 0 Å². The number of pyridine rings is 1. The van der Waals surface area contributed by atoms with Gasteiger partial charge in [0.2, 0.25) is 5.88 Å². The van der Waals surface area contributed by atoms with Crippen molar-refractivity contribution in [1.29, 1.82) is 0 Å². The van der Waals surface area contributed by atoms with Crippen molar-refractivity contribution in [3.63, 3.8) is 0 Å². The Kier molecular flexibility index (Phi) is 3.75. The lowest BCUT2D eigenvalue weighted by Crippen LogP contribution is -2.35. The van der Waals surface area contributed by atoms with Crippen LogP contribution in [0.25, 0.3) is 10.9 Å². The minimum atomic E-state index is -0.927. The van der Waals surface area contributed by atoms with Gasteiger partial charge in [0.15, 0.2) is 0 Å². The smallest absolute Gasteiger partial charge is 0.335 e. The first-order chi connectivity index (χ1) is 10.1. The number of aromatic nitrogens is 1. The number of nitrogens with zero attached hydrogens (tertiary/aromatic N) is 2. The summed E-state index contributed by atoms with van der Waals surface area (Å²) in [4.78, 5) is 17.7. The second-order valence-corrected chi connectivity index (χ2v) is 5.48. The van der Waals surface area contributed by atoms with Crippen LogP contribution in [0.2, 0.25) is 0 Å². The molecule has 0 saturated carbocycles. The van der Waals surface area contributed by atoms with Gasteiger partial charge in [-0.2, -0.15) is 0 Å². The number of likely N-dealkylation sites (tertiary alicyclic amines) is 1. The quantitative estimate of drug-likeness (QED) is 0.938. The molecule has 1 fully saturated rings. The maximum Gasteiger partial charge on any atom is 0.335 e. The highest BCUT2D eigenvalue weighted by molar-refractivity contribution is 5.93. The highest BCUT2D eigenvalue weighted by Gasteiger charge is 2.18. The van der Waals surface area contributed by atoms with Gasteiger partial charge >= 0.3 is 5.97 Å². The number of ether oxygens (including phenoxy) is 1. The number of hydrogen-bond donors (Lipinski definition) is 1. The molecule has 1 aromatic carbocycles. The predicted octanol–water partition coefficient (Wildman–Crippen LogP) is 2.41. The van der Waals surface area contributed by atoms with Crippen LogP contribution in [0.15, 0.2) is 30.3 Å². The van der Waals surface area contributed by atoms with Gasteiger partial charge in [0.1, 0.15) is 6.10 Å². The van der Waals surface area contributed by atoms with Crippen molar-refractivity contribution >= 4 is 16.9 Å². The number of carboxylic acid groups (broad SMARTS) is 1. The van der Waals surface area contributed by atoms with Crippen molar-refractivity contribution in [2.75, 3.05) is 20.1 Å². The van der Waals surface area contributed by atoms with Crippen molar-refractivity contribution < 1.29 is 14.6 Å². The summed E-state index contributed by atoms with van der Waals surface area (Å²) in [6.45, 7) is 2.08. The molecular weight excluding hydrogens is 268 g/mol. The Morgan fingerprint density at radius 2 is 2.05 bits per heavy atom. The van der Waals surface area contributed by atoms with E-state index in [1.165, 1.54) is 0 Å². The number of aromatic carboxylic acids is 1. The van der Waals surface area contributed by atoms with E-state index < -0.39 is 5.97 Å². The summed E-state index contributed by atoms with van der Waals surface area (Å²) in [6.07, 6.45) is 2.23. The number of piperidine rings is 1. The molecule has 0 spiro atoms. The maximum atomic E-state index is 11.0. The fourth-order valence-electron chi connectivity index (χ4n) is 2.58. The molecule has 110 valence electrons. The number of fused-ring (bicyclic) bond motifs is 1. The molecule has 1 aliphatic rings. The molecule has 2 heterocycles. The minimum absolute atomic E-state index is 0.212. The van der Waals surface area contributed by atoms with E-state index in [2.05, 4.69) is 16.9 Å². The van der Waals surface area contributed by atoms with Crippen molar-refractivity contribution in [2.24, 2.45) is 0 Å². The highest BCUT2D eigenvalue weighted by Crippen LogP contribution is 2.21. The van der Waals surface area contributed by atoms with Gasteiger partial charge in [0.05, 0.1) is 11.1 Å². The predicted molar refractivity (Wildman–Crippen MR) is 79.8 cm³/mol. The van der Waals surface area contributed by atoms with Crippen LogP contribution in [0.3, 0.4) is 0 Å². The van der Waals surface area contributed by atoms with E-state index in [0.29, 0.717) is 5.88 Å². The number of carbonyl (C=O) groups is 1. The van der Waals surface area contributed by atoms with Gasteiger partial charge in [-0.3, -0.25) is 0 Å². The zero-order valence-electron chi connectivity index (χ0n) is 12.0. The van der Waals surface area contributed by atoms with Gasteiger partial charge in [-0.25, -0.2) is 9.78 Å². The lowest BCUT2D eigenvalue weighted by molar-refractivity contribution is 0.0697. The number of carboxylic acids is 1. The van der Waals surface area contributed by atoms with E-state index in [1.54, 1.807) is 18.2 Å². The van der Waals surface area contributed by atoms with E-state index in [9.17, 15) is 4.79 Å². The first-order valence-electron chi connectivity index (χ1n) is 7.11. The minimum Gasteiger partial charge on any atom is -0.478 e. The van der Waals surface area contributed by atoms with Gasteiger partial charge < -0.3 is 14.7 Å². The van der Waals surface area contributed by atoms with Crippen LogP contribution in [0.5, 0.6) is 5.88 Å². The summed E-state index contributed by atoms with van der Waals surface area (Å²) < 4.78 is 5.94. The Bertz CT molecular complexity index is 664. The standard InChI is InChI=1S/C16H18N2O3/c1-18-8-6-13(7-9-18)21-15-5-3-11-10-12(16(19)20)2-4-14(11)17-15/h2-5,10,13H,6-9H2,1H3,(H,19,20). The third-order valence-electron chi connectivity index (χ3n) is 3.86. The van der Waals surface area contributed by atoms with Crippen LogP contribution in [-0.4, -0.2) is 47.2 Å². The molecule has 0 bridgehead atoms. The Balaban J connectivity index is 1.78. The monoisotopic (exact) mass is 286 g/mol. The van der Waals surface area contributed by atoms with Gasteiger partial charge in [-0.15, -0.1) is 0 Å². The topological polar surface area (TPSA) is 62.7 Å². The highest BCUT2D eigenvalue weighted by atomic mass is 16.5. The third-order valence-corrected chi connectivity index (χ3v) is 3.86. The SMILES string of the molecule is CN1CCC(Oc2ccc3cc(C(=O)O)ccc3n2)CC1. The second kappa shape index (κ2) is 5.69. The normalized spacial score (nSPS) is 17.0. The van der Waals surface area contributed by atoms with E-state index in [0.717, 1.165) is 36.8 Å². The molecule has 0 atom stereocenters. The first kappa shape index (κ1) is 13.8. The molecule has 0 unspecified atom stereocenters. The Morgan fingerprint density at radius 3 is 2.76 bits per heavy atom. The largest absolute Gasteiger partial charge is 0.478 e. The molecule has 3 rings (SSSR count). The number of hydrogen-bond acceptors (Lipinski definition) is 4. The first-order valence-corrected chi connectivity index (χ1v) is 7.11. The summed E-state index contributed by atoms with van der Waals surface area (Å²) in [5.74, 6) is -0.316. The van der Waals surface area contributed by atoms with E-state index in [-0.39, 0.29) is 11.7 Å². The number of benzene rings is 1. The summed E-state index contributed by atoms with van der Waals surface area (Å²) in [7, 11) is 2.12. The second-order valence-electron chi connectivity index (χ2n) is 5.48. The van der Waals surface area contributed by atoms with Crippen molar-refractivity contribution in [1.82, 2.24) is 9.88 Å². The molecule has 0 aliphatic carbocycles. The molecule has 21 heavy (non-hydrogen) atoms. The van der Waals surface area contributed by atoms with E-state index >= 15 is 0 Å². The average Bonchev–Trinajstić information content (AvgIpc) is 2.49. The van der Waals surface area contributed by atoms with Crippen LogP contribution in [-0.2, 0) is 0 Å². The Hall–Kier alpha value is -2.14. The summed E-state index contributed by atoms with van der Waals surface area (Å²) >= 11 is 0. The molecule has 5 nitrogen and oxygen atoms in total. The van der Waals surface area contributed by atoms with Crippen LogP contribution < -0.4 is 4.74 Å². The third kappa shape index (κ3) is 3.13. The maximum absolute atomic E-state index is 11.0. The van der Waals surface area contributed by atoms with Gasteiger partial charge in [0, 0.05) is 24.5 Å². The summed E-state index contributed by atoms with van der Waals surface area (Å²) in [5, 5.41) is 9.80.